The molecule has 2 aliphatic carbocycles. The zero-order chi connectivity index (χ0) is 24.0. The van der Waals surface area contributed by atoms with E-state index < -0.39 is 8.07 Å². The molecule has 1 heteroatoms. The lowest BCUT2D eigenvalue weighted by Gasteiger charge is -2.41. The highest BCUT2D eigenvalue weighted by atomic mass is 28.3. The van der Waals surface area contributed by atoms with Gasteiger partial charge in [-0.15, -0.1) is 0 Å². The minimum atomic E-state index is -2.39. The summed E-state index contributed by atoms with van der Waals surface area (Å²) in [7, 11) is -2.39. The predicted molar refractivity (Wildman–Crippen MR) is 151 cm³/mol. The molecule has 2 atom stereocenters. The lowest BCUT2D eigenvalue weighted by molar-refractivity contribution is 0.633. The molecule has 1 saturated carbocycles. The van der Waals surface area contributed by atoms with E-state index in [2.05, 4.69) is 114 Å². The zero-order valence-electron chi connectivity index (χ0n) is 21.7. The maximum absolute atomic E-state index is 2.53. The van der Waals surface area contributed by atoms with Crippen molar-refractivity contribution in [2.75, 3.05) is 0 Å². The summed E-state index contributed by atoms with van der Waals surface area (Å²) in [5.74, 6) is 0.713. The van der Waals surface area contributed by atoms with Gasteiger partial charge in [0.15, 0.2) is 8.07 Å². The van der Waals surface area contributed by atoms with Crippen LogP contribution in [0.5, 0.6) is 0 Å². The summed E-state index contributed by atoms with van der Waals surface area (Å²) in [5, 5.41) is 4.75. The summed E-state index contributed by atoms with van der Waals surface area (Å²) in [6.07, 6.45) is 11.0. The average Bonchev–Trinajstić information content (AvgIpc) is 3.17. The molecule has 1 fully saturated rings. The minimum absolute atomic E-state index is 0.589. The van der Waals surface area contributed by atoms with Crippen molar-refractivity contribution in [2.24, 2.45) is 5.92 Å². The van der Waals surface area contributed by atoms with Crippen molar-refractivity contribution in [3.8, 4) is 0 Å². The summed E-state index contributed by atoms with van der Waals surface area (Å²) in [4.78, 5) is 0. The van der Waals surface area contributed by atoms with Gasteiger partial charge >= 0.3 is 0 Å². The second kappa shape index (κ2) is 8.85. The topological polar surface area (TPSA) is 0 Å². The minimum Gasteiger partial charge on any atom is -0.0839 e. The fourth-order valence-electron chi connectivity index (χ4n) is 7.09. The van der Waals surface area contributed by atoms with Crippen LogP contribution in [0.25, 0.3) is 0 Å². The van der Waals surface area contributed by atoms with Gasteiger partial charge in [0.2, 0.25) is 0 Å². The lowest BCUT2D eigenvalue weighted by Crippen LogP contribution is -2.70. The molecule has 0 saturated heterocycles. The van der Waals surface area contributed by atoms with Crippen LogP contribution in [0.3, 0.4) is 0 Å². The van der Waals surface area contributed by atoms with Crippen molar-refractivity contribution in [3.05, 3.63) is 112 Å². The van der Waals surface area contributed by atoms with Gasteiger partial charge in [0, 0.05) is 0 Å². The van der Waals surface area contributed by atoms with Gasteiger partial charge in [-0.05, 0) is 87.8 Å². The Labute approximate surface area is 207 Å². The van der Waals surface area contributed by atoms with E-state index in [0.29, 0.717) is 11.5 Å². The van der Waals surface area contributed by atoms with E-state index in [4.69, 9.17) is 0 Å². The number of allylic oxidation sites excluding steroid dienone is 4. The van der Waals surface area contributed by atoms with Gasteiger partial charge in [-0.3, -0.25) is 0 Å². The highest BCUT2D eigenvalue weighted by molar-refractivity contribution is 7.12. The number of hydrogen-bond acceptors (Lipinski definition) is 0. The van der Waals surface area contributed by atoms with E-state index >= 15 is 0 Å². The van der Waals surface area contributed by atoms with E-state index in [9.17, 15) is 0 Å². The Balaban J connectivity index is 1.94. The van der Waals surface area contributed by atoms with Crippen molar-refractivity contribution in [3.63, 3.8) is 0 Å². The molecule has 0 aliphatic heterocycles. The third kappa shape index (κ3) is 3.94. The Morgan fingerprint density at radius 3 is 1.38 bits per heavy atom. The predicted octanol–water partition coefficient (Wildman–Crippen LogP) is 6.67. The first-order valence-corrected chi connectivity index (χ1v) is 15.0. The molecule has 2 aliphatic rings. The molecule has 0 aromatic heterocycles. The van der Waals surface area contributed by atoms with Crippen molar-refractivity contribution in [2.45, 2.75) is 66.3 Å². The number of aryl methyl sites for hydroxylation is 6. The smallest absolute Gasteiger partial charge is 0.0839 e. The fraction of sp³-hybridized carbons (Fsp3) is 0.333. The Hall–Kier alpha value is -2.64. The first-order chi connectivity index (χ1) is 16.3. The molecule has 0 heterocycles. The van der Waals surface area contributed by atoms with Crippen LogP contribution in [-0.4, -0.2) is 8.07 Å². The van der Waals surface area contributed by atoms with E-state index in [0.717, 1.165) is 0 Å². The Kier molecular flexibility index (Phi) is 6.02. The molecule has 0 nitrogen and oxygen atoms in total. The van der Waals surface area contributed by atoms with Gasteiger partial charge in [0.1, 0.15) is 0 Å². The van der Waals surface area contributed by atoms with Crippen molar-refractivity contribution >= 4 is 23.6 Å². The molecule has 174 valence electrons. The maximum atomic E-state index is 2.53. The second-order valence-electron chi connectivity index (χ2n) is 11.1. The van der Waals surface area contributed by atoms with Gasteiger partial charge in [-0.25, -0.2) is 0 Å². The first kappa shape index (κ1) is 23.1. The summed E-state index contributed by atoms with van der Waals surface area (Å²) in [5.41, 5.74) is 10.6. The summed E-state index contributed by atoms with van der Waals surface area (Å²) in [6, 6.07) is 22.2. The monoisotopic (exact) mass is 462 g/mol. The third-order valence-electron chi connectivity index (χ3n) is 8.08. The van der Waals surface area contributed by atoms with Crippen LogP contribution >= 0.6 is 0 Å². The zero-order valence-corrected chi connectivity index (χ0v) is 22.7. The Bertz CT molecular complexity index is 1120. The molecule has 3 aromatic carbocycles. The molecule has 34 heavy (non-hydrogen) atoms. The van der Waals surface area contributed by atoms with Crippen LogP contribution in [0.15, 0.2) is 78.4 Å². The molecule has 0 amide bonds. The largest absolute Gasteiger partial charge is 0.155 e. The molecule has 5 rings (SSSR count). The van der Waals surface area contributed by atoms with E-state index in [-0.39, 0.29) is 0 Å². The van der Waals surface area contributed by atoms with Gasteiger partial charge in [-0.2, -0.15) is 0 Å². The molecule has 0 N–H and O–H groups in total. The van der Waals surface area contributed by atoms with Gasteiger partial charge in [0.05, 0.1) is 0 Å². The van der Waals surface area contributed by atoms with Crippen LogP contribution in [0.2, 0.25) is 5.54 Å². The Morgan fingerprint density at radius 1 is 0.559 bits per heavy atom. The van der Waals surface area contributed by atoms with Crippen LogP contribution in [0, 0.1) is 47.5 Å². The second-order valence-corrected chi connectivity index (χ2v) is 15.1. The van der Waals surface area contributed by atoms with Crippen LogP contribution in [0.1, 0.15) is 52.6 Å². The fourth-order valence-corrected chi connectivity index (χ4v) is 13.5. The average molecular weight is 463 g/mol. The first-order valence-electron chi connectivity index (χ1n) is 12.9. The van der Waals surface area contributed by atoms with Crippen LogP contribution in [0.4, 0.5) is 0 Å². The molecule has 3 aromatic rings. The van der Waals surface area contributed by atoms with Crippen molar-refractivity contribution < 1.29 is 0 Å². The number of fused-ring (bicyclic) bond motifs is 1. The summed E-state index contributed by atoms with van der Waals surface area (Å²) < 4.78 is 0. The van der Waals surface area contributed by atoms with Crippen LogP contribution in [-0.2, 0) is 0 Å². The van der Waals surface area contributed by atoms with Gasteiger partial charge < -0.3 is 0 Å². The van der Waals surface area contributed by atoms with E-state index in [1.807, 2.05) is 0 Å². The third-order valence-corrected chi connectivity index (χ3v) is 13.3. The van der Waals surface area contributed by atoms with Gasteiger partial charge in [-0.1, -0.05) is 112 Å². The highest BCUT2D eigenvalue weighted by Gasteiger charge is 2.51. The number of benzene rings is 3. The van der Waals surface area contributed by atoms with Gasteiger partial charge in [0.25, 0.3) is 0 Å². The SMILES string of the molecule is Cc1cc(C)cc([Si](c2cc(C)cc(C)c2)(c2cc(C)cc(C)c2)C2CCC3CC=CC=C32)c1. The van der Waals surface area contributed by atoms with E-state index in [1.165, 1.54) is 52.6 Å². The standard InChI is InChI=1S/C33H38Si/c1-22-13-23(2)17-29(16-22)34(30-18-24(3)14-25(4)19-30,31-20-26(5)15-27(6)21-31)33-12-11-28-9-7-8-10-32(28)33/h7-8,10,13-21,28,33H,9,11-12H2,1-6H3. The highest BCUT2D eigenvalue weighted by Crippen LogP contribution is 2.49. The number of rotatable bonds is 4. The molecule has 2 unspecified atom stereocenters. The molecular formula is C33H38Si. The normalized spacial score (nSPS) is 19.8. The molecule has 0 bridgehead atoms. The summed E-state index contributed by atoms with van der Waals surface area (Å²) in [6.45, 7) is 13.7. The molecule has 0 spiro atoms. The summed E-state index contributed by atoms with van der Waals surface area (Å²) >= 11 is 0. The molecular weight excluding hydrogens is 424 g/mol. The molecule has 0 radical (unpaired) electrons. The maximum Gasteiger partial charge on any atom is 0.155 e. The number of hydrogen-bond donors (Lipinski definition) is 0. The Morgan fingerprint density at radius 2 is 0.971 bits per heavy atom. The van der Waals surface area contributed by atoms with E-state index in [1.54, 1.807) is 21.1 Å². The van der Waals surface area contributed by atoms with Crippen LogP contribution < -0.4 is 15.6 Å². The van der Waals surface area contributed by atoms with Crippen molar-refractivity contribution in [1.29, 1.82) is 0 Å². The lowest BCUT2D eigenvalue weighted by atomic mass is 9.95. The quantitative estimate of drug-likeness (QED) is 0.300. The van der Waals surface area contributed by atoms with Crippen molar-refractivity contribution in [1.82, 2.24) is 0 Å².